The first kappa shape index (κ1) is 13.7. The van der Waals surface area contributed by atoms with Crippen molar-refractivity contribution in [3.05, 3.63) is 29.1 Å². The molecule has 104 valence electrons. The standard InChI is InChI=1S/C13H14F3NO2/c1-8-6-9(7-10(14)11(8)12(18)19)17-4-2-13(15,16)3-5-17/h6-7H,2-5H2,1H3,(H,18,19). The van der Waals surface area contributed by atoms with Crippen LogP contribution in [0.2, 0.25) is 0 Å². The van der Waals surface area contributed by atoms with Crippen LogP contribution in [0.1, 0.15) is 28.8 Å². The van der Waals surface area contributed by atoms with Gasteiger partial charge >= 0.3 is 5.97 Å². The predicted molar refractivity (Wildman–Crippen MR) is 64.5 cm³/mol. The van der Waals surface area contributed by atoms with Crippen LogP contribution in [-0.2, 0) is 0 Å². The van der Waals surface area contributed by atoms with E-state index < -0.39 is 17.7 Å². The Morgan fingerprint density at radius 1 is 1.32 bits per heavy atom. The third kappa shape index (κ3) is 2.83. The van der Waals surface area contributed by atoms with Crippen LogP contribution in [0.4, 0.5) is 18.9 Å². The predicted octanol–water partition coefficient (Wildman–Crippen LogP) is 3.07. The molecule has 6 heteroatoms. The number of hydrogen-bond donors (Lipinski definition) is 1. The highest BCUT2D eigenvalue weighted by atomic mass is 19.3. The summed E-state index contributed by atoms with van der Waals surface area (Å²) in [5, 5.41) is 8.86. The van der Waals surface area contributed by atoms with E-state index in [1.807, 2.05) is 0 Å². The Labute approximate surface area is 108 Å². The summed E-state index contributed by atoms with van der Waals surface area (Å²) in [6, 6.07) is 2.62. The van der Waals surface area contributed by atoms with Crippen LogP contribution in [0.25, 0.3) is 0 Å². The van der Waals surface area contributed by atoms with Crippen molar-refractivity contribution < 1.29 is 23.1 Å². The van der Waals surface area contributed by atoms with E-state index in [9.17, 15) is 18.0 Å². The largest absolute Gasteiger partial charge is 0.478 e. The SMILES string of the molecule is Cc1cc(N2CCC(F)(F)CC2)cc(F)c1C(=O)O. The van der Waals surface area contributed by atoms with E-state index in [1.165, 1.54) is 13.0 Å². The fourth-order valence-corrected chi connectivity index (χ4v) is 2.27. The maximum atomic E-state index is 13.7. The molecule has 0 amide bonds. The number of aryl methyl sites for hydroxylation is 1. The van der Waals surface area contributed by atoms with Crippen molar-refractivity contribution in [1.29, 1.82) is 0 Å². The molecule has 1 fully saturated rings. The first-order valence-corrected chi connectivity index (χ1v) is 5.96. The quantitative estimate of drug-likeness (QED) is 0.900. The Kier molecular flexibility index (Phi) is 3.43. The maximum Gasteiger partial charge on any atom is 0.338 e. The molecule has 0 unspecified atom stereocenters. The molecule has 0 bridgehead atoms. The number of piperidine rings is 1. The highest BCUT2D eigenvalue weighted by molar-refractivity contribution is 5.90. The van der Waals surface area contributed by atoms with Gasteiger partial charge in [-0.3, -0.25) is 0 Å². The van der Waals surface area contributed by atoms with Crippen molar-refractivity contribution >= 4 is 11.7 Å². The molecule has 0 aliphatic carbocycles. The maximum absolute atomic E-state index is 13.7. The fraction of sp³-hybridized carbons (Fsp3) is 0.462. The lowest BCUT2D eigenvalue weighted by Gasteiger charge is -2.33. The van der Waals surface area contributed by atoms with Crippen LogP contribution in [0.3, 0.4) is 0 Å². The normalized spacial score (nSPS) is 18.4. The molecule has 1 N–H and O–H groups in total. The number of rotatable bonds is 2. The zero-order valence-electron chi connectivity index (χ0n) is 10.4. The van der Waals surface area contributed by atoms with Gasteiger partial charge < -0.3 is 10.0 Å². The highest BCUT2D eigenvalue weighted by Crippen LogP contribution is 2.31. The minimum atomic E-state index is -2.66. The van der Waals surface area contributed by atoms with Gasteiger partial charge in [0.1, 0.15) is 5.82 Å². The molecular formula is C13H14F3NO2. The van der Waals surface area contributed by atoms with Gasteiger partial charge in [0, 0.05) is 31.6 Å². The summed E-state index contributed by atoms with van der Waals surface area (Å²) >= 11 is 0. The number of alkyl halides is 2. The number of nitrogens with zero attached hydrogens (tertiary/aromatic N) is 1. The molecular weight excluding hydrogens is 259 g/mol. The summed E-state index contributed by atoms with van der Waals surface area (Å²) in [7, 11) is 0. The number of halogens is 3. The topological polar surface area (TPSA) is 40.5 Å². The Hall–Kier alpha value is -1.72. The van der Waals surface area contributed by atoms with Crippen molar-refractivity contribution in [3.8, 4) is 0 Å². The van der Waals surface area contributed by atoms with Gasteiger partial charge in [-0.05, 0) is 24.6 Å². The zero-order chi connectivity index (χ0) is 14.2. The van der Waals surface area contributed by atoms with E-state index in [4.69, 9.17) is 5.11 Å². The van der Waals surface area contributed by atoms with Crippen LogP contribution in [-0.4, -0.2) is 30.1 Å². The van der Waals surface area contributed by atoms with Crippen molar-refractivity contribution in [1.82, 2.24) is 0 Å². The van der Waals surface area contributed by atoms with Crippen molar-refractivity contribution in [3.63, 3.8) is 0 Å². The molecule has 1 aliphatic rings. The molecule has 1 saturated heterocycles. The Morgan fingerprint density at radius 3 is 2.37 bits per heavy atom. The molecule has 0 aromatic heterocycles. The molecule has 3 nitrogen and oxygen atoms in total. The number of aromatic carboxylic acids is 1. The van der Waals surface area contributed by atoms with E-state index >= 15 is 0 Å². The molecule has 0 spiro atoms. The Morgan fingerprint density at radius 2 is 1.89 bits per heavy atom. The molecule has 2 rings (SSSR count). The summed E-state index contributed by atoms with van der Waals surface area (Å²) in [4.78, 5) is 12.5. The smallest absolute Gasteiger partial charge is 0.338 e. The summed E-state index contributed by atoms with van der Waals surface area (Å²) in [6.07, 6.45) is -0.539. The lowest BCUT2D eigenvalue weighted by Crippen LogP contribution is -2.39. The van der Waals surface area contributed by atoms with E-state index in [0.717, 1.165) is 6.07 Å². The molecule has 1 aromatic rings. The van der Waals surface area contributed by atoms with Crippen LogP contribution in [0.15, 0.2) is 12.1 Å². The summed E-state index contributed by atoms with van der Waals surface area (Å²) in [5.74, 6) is -4.82. The van der Waals surface area contributed by atoms with Crippen LogP contribution >= 0.6 is 0 Å². The number of carbonyl (C=O) groups is 1. The van der Waals surface area contributed by atoms with E-state index in [1.54, 1.807) is 4.90 Å². The lowest BCUT2D eigenvalue weighted by atomic mass is 10.0. The van der Waals surface area contributed by atoms with E-state index in [0.29, 0.717) is 11.3 Å². The fourth-order valence-electron chi connectivity index (χ4n) is 2.27. The van der Waals surface area contributed by atoms with E-state index in [2.05, 4.69) is 0 Å². The van der Waals surface area contributed by atoms with Gasteiger partial charge in [-0.1, -0.05) is 0 Å². The van der Waals surface area contributed by atoms with Gasteiger partial charge in [-0.15, -0.1) is 0 Å². The second-order valence-corrected chi connectivity index (χ2v) is 4.77. The van der Waals surface area contributed by atoms with Gasteiger partial charge in [0.05, 0.1) is 5.56 Å². The molecule has 1 aromatic carbocycles. The van der Waals surface area contributed by atoms with Gasteiger partial charge in [-0.2, -0.15) is 0 Å². The van der Waals surface area contributed by atoms with Crippen LogP contribution in [0, 0.1) is 12.7 Å². The zero-order valence-corrected chi connectivity index (χ0v) is 10.4. The first-order valence-electron chi connectivity index (χ1n) is 5.96. The van der Waals surface area contributed by atoms with Gasteiger partial charge in [0.25, 0.3) is 5.92 Å². The monoisotopic (exact) mass is 273 g/mol. The molecule has 0 radical (unpaired) electrons. The second-order valence-electron chi connectivity index (χ2n) is 4.77. The third-order valence-electron chi connectivity index (χ3n) is 3.35. The molecule has 0 saturated carbocycles. The summed E-state index contributed by atoms with van der Waals surface area (Å²) in [6.45, 7) is 1.77. The average molecular weight is 273 g/mol. The molecule has 1 heterocycles. The number of carboxylic acids is 1. The number of hydrogen-bond acceptors (Lipinski definition) is 2. The highest BCUT2D eigenvalue weighted by Gasteiger charge is 2.34. The summed E-state index contributed by atoms with van der Waals surface area (Å²) in [5.41, 5.74) is 0.376. The van der Waals surface area contributed by atoms with E-state index in [-0.39, 0.29) is 31.5 Å². The lowest BCUT2D eigenvalue weighted by molar-refractivity contribution is -0.0220. The Balaban J connectivity index is 2.26. The molecule has 0 atom stereocenters. The van der Waals surface area contributed by atoms with Gasteiger partial charge in [0.2, 0.25) is 0 Å². The van der Waals surface area contributed by atoms with Gasteiger partial charge in [-0.25, -0.2) is 18.0 Å². The van der Waals surface area contributed by atoms with Crippen molar-refractivity contribution in [2.75, 3.05) is 18.0 Å². The second kappa shape index (κ2) is 4.75. The Bertz CT molecular complexity index is 484. The summed E-state index contributed by atoms with van der Waals surface area (Å²) < 4.78 is 39.8. The number of benzene rings is 1. The third-order valence-corrected chi connectivity index (χ3v) is 3.35. The number of anilines is 1. The van der Waals surface area contributed by atoms with Gasteiger partial charge in [0.15, 0.2) is 0 Å². The number of carboxylic acid groups (broad SMARTS) is 1. The minimum absolute atomic E-state index is 0.137. The van der Waals surface area contributed by atoms with Crippen LogP contribution in [0.5, 0.6) is 0 Å². The first-order chi connectivity index (χ1) is 8.80. The molecule has 19 heavy (non-hydrogen) atoms. The molecule has 1 aliphatic heterocycles. The van der Waals surface area contributed by atoms with Crippen LogP contribution < -0.4 is 4.90 Å². The average Bonchev–Trinajstić information content (AvgIpc) is 2.27. The van der Waals surface area contributed by atoms with Crippen molar-refractivity contribution in [2.24, 2.45) is 0 Å². The minimum Gasteiger partial charge on any atom is -0.478 e. The van der Waals surface area contributed by atoms with Crippen molar-refractivity contribution in [2.45, 2.75) is 25.7 Å².